The van der Waals surface area contributed by atoms with Crippen LogP contribution in [0.25, 0.3) is 0 Å². The minimum absolute atomic E-state index is 0.294. The number of hydrogen-bond acceptors (Lipinski definition) is 3. The van der Waals surface area contributed by atoms with Crippen molar-refractivity contribution in [3.8, 4) is 5.75 Å². The molecule has 0 fully saturated rings. The van der Waals surface area contributed by atoms with Gasteiger partial charge in [-0.2, -0.15) is 0 Å². The Bertz CT molecular complexity index is 707. The first-order chi connectivity index (χ1) is 11.6. The fraction of sp³-hybridized carbons (Fsp3) is 0.222. The SMILES string of the molecule is CCNC(=S)NC(=O)c1cc(Br)ccc1OCCc1ccccc1. The fourth-order valence-electron chi connectivity index (χ4n) is 2.10. The van der Waals surface area contributed by atoms with Gasteiger partial charge in [-0.3, -0.25) is 10.1 Å². The van der Waals surface area contributed by atoms with Crippen molar-refractivity contribution in [2.24, 2.45) is 0 Å². The minimum atomic E-state index is -0.294. The molecule has 0 radical (unpaired) electrons. The summed E-state index contributed by atoms with van der Waals surface area (Å²) in [7, 11) is 0. The first kappa shape index (κ1) is 18.4. The second-order valence-electron chi connectivity index (χ2n) is 5.04. The first-order valence-electron chi connectivity index (χ1n) is 7.65. The van der Waals surface area contributed by atoms with E-state index in [9.17, 15) is 4.79 Å². The zero-order chi connectivity index (χ0) is 17.4. The van der Waals surface area contributed by atoms with Crippen molar-refractivity contribution < 1.29 is 9.53 Å². The highest BCUT2D eigenvalue weighted by atomic mass is 79.9. The molecular weight excluding hydrogens is 388 g/mol. The summed E-state index contributed by atoms with van der Waals surface area (Å²) in [6.07, 6.45) is 0.772. The molecule has 2 aromatic carbocycles. The largest absolute Gasteiger partial charge is 0.492 e. The highest BCUT2D eigenvalue weighted by Gasteiger charge is 2.14. The van der Waals surface area contributed by atoms with Gasteiger partial charge in [-0.1, -0.05) is 46.3 Å². The van der Waals surface area contributed by atoms with E-state index >= 15 is 0 Å². The molecule has 0 aliphatic heterocycles. The van der Waals surface area contributed by atoms with Crippen molar-refractivity contribution in [2.75, 3.05) is 13.2 Å². The zero-order valence-electron chi connectivity index (χ0n) is 13.3. The molecule has 0 spiro atoms. The van der Waals surface area contributed by atoms with Gasteiger partial charge >= 0.3 is 0 Å². The quantitative estimate of drug-likeness (QED) is 0.718. The van der Waals surface area contributed by atoms with E-state index in [1.807, 2.05) is 43.3 Å². The summed E-state index contributed by atoms with van der Waals surface area (Å²) in [6, 6.07) is 15.4. The number of amides is 1. The van der Waals surface area contributed by atoms with Gasteiger partial charge in [0.05, 0.1) is 12.2 Å². The summed E-state index contributed by atoms with van der Waals surface area (Å²) in [5.74, 6) is 0.239. The standard InChI is InChI=1S/C18H19BrN2O2S/c1-2-20-18(24)21-17(22)15-12-14(19)8-9-16(15)23-11-10-13-6-4-3-5-7-13/h3-9,12H,2,10-11H2,1H3,(H2,20,21,22,24). The van der Waals surface area contributed by atoms with Gasteiger partial charge in [0, 0.05) is 17.4 Å². The lowest BCUT2D eigenvalue weighted by Gasteiger charge is -2.13. The molecule has 0 saturated carbocycles. The Kier molecular flexibility index (Phi) is 7.21. The van der Waals surface area contributed by atoms with Gasteiger partial charge < -0.3 is 10.1 Å². The summed E-state index contributed by atoms with van der Waals surface area (Å²) in [5.41, 5.74) is 1.63. The Morgan fingerprint density at radius 3 is 2.67 bits per heavy atom. The van der Waals surface area contributed by atoms with Crippen LogP contribution in [0.1, 0.15) is 22.8 Å². The highest BCUT2D eigenvalue weighted by molar-refractivity contribution is 9.10. The number of rotatable bonds is 6. The number of ether oxygens (including phenoxy) is 1. The van der Waals surface area contributed by atoms with Crippen LogP contribution in [0, 0.1) is 0 Å². The molecule has 2 rings (SSSR count). The molecule has 2 N–H and O–H groups in total. The van der Waals surface area contributed by atoms with Gasteiger partial charge in [0.25, 0.3) is 5.91 Å². The highest BCUT2D eigenvalue weighted by Crippen LogP contribution is 2.23. The summed E-state index contributed by atoms with van der Waals surface area (Å²) >= 11 is 8.44. The summed E-state index contributed by atoms with van der Waals surface area (Å²) in [6.45, 7) is 3.05. The number of nitrogens with one attached hydrogen (secondary N) is 2. The van der Waals surface area contributed by atoms with Crippen LogP contribution in [-0.4, -0.2) is 24.2 Å². The maximum Gasteiger partial charge on any atom is 0.261 e. The van der Waals surface area contributed by atoms with Crippen molar-refractivity contribution >= 4 is 39.2 Å². The third-order valence-electron chi connectivity index (χ3n) is 3.24. The zero-order valence-corrected chi connectivity index (χ0v) is 15.7. The molecule has 0 saturated heterocycles. The minimum Gasteiger partial charge on any atom is -0.492 e. The normalized spacial score (nSPS) is 10.1. The van der Waals surface area contributed by atoms with Crippen LogP contribution in [0.15, 0.2) is 53.0 Å². The third kappa shape index (κ3) is 5.62. The van der Waals surface area contributed by atoms with Crippen LogP contribution in [-0.2, 0) is 6.42 Å². The Morgan fingerprint density at radius 2 is 1.96 bits per heavy atom. The number of thiocarbonyl (C=S) groups is 1. The van der Waals surface area contributed by atoms with Crippen molar-refractivity contribution in [1.82, 2.24) is 10.6 Å². The van der Waals surface area contributed by atoms with Crippen molar-refractivity contribution in [3.05, 3.63) is 64.1 Å². The Labute approximate surface area is 155 Å². The van der Waals surface area contributed by atoms with Gasteiger partial charge in [-0.25, -0.2) is 0 Å². The van der Waals surface area contributed by atoms with Crippen molar-refractivity contribution in [3.63, 3.8) is 0 Å². The lowest BCUT2D eigenvalue weighted by Crippen LogP contribution is -2.39. The summed E-state index contributed by atoms with van der Waals surface area (Å²) < 4.78 is 6.62. The van der Waals surface area contributed by atoms with E-state index in [2.05, 4.69) is 26.6 Å². The Balaban J connectivity index is 2.04. The molecule has 6 heteroatoms. The van der Waals surface area contributed by atoms with Crippen LogP contribution >= 0.6 is 28.1 Å². The predicted octanol–water partition coefficient (Wildman–Crippen LogP) is 3.69. The Hall–Kier alpha value is -1.92. The molecule has 0 aliphatic rings. The van der Waals surface area contributed by atoms with Crippen LogP contribution in [0.4, 0.5) is 0 Å². The Morgan fingerprint density at radius 1 is 1.21 bits per heavy atom. The number of carbonyl (C=O) groups is 1. The van der Waals surface area contributed by atoms with Gasteiger partial charge in [0.1, 0.15) is 5.75 Å². The van der Waals surface area contributed by atoms with Gasteiger partial charge in [-0.05, 0) is 42.9 Å². The van der Waals surface area contributed by atoms with Crippen LogP contribution in [0.2, 0.25) is 0 Å². The van der Waals surface area contributed by atoms with Crippen LogP contribution in [0.5, 0.6) is 5.75 Å². The van der Waals surface area contributed by atoms with Crippen molar-refractivity contribution in [1.29, 1.82) is 0 Å². The van der Waals surface area contributed by atoms with Crippen LogP contribution < -0.4 is 15.4 Å². The predicted molar refractivity (Wildman–Crippen MR) is 104 cm³/mol. The smallest absolute Gasteiger partial charge is 0.261 e. The van der Waals surface area contributed by atoms with Gasteiger partial charge in [0.15, 0.2) is 5.11 Å². The van der Waals surface area contributed by atoms with E-state index in [0.717, 1.165) is 10.9 Å². The third-order valence-corrected chi connectivity index (χ3v) is 3.98. The molecular formula is C18H19BrN2O2S. The second-order valence-corrected chi connectivity index (χ2v) is 6.36. The monoisotopic (exact) mass is 406 g/mol. The number of halogens is 1. The lowest BCUT2D eigenvalue weighted by molar-refractivity contribution is 0.0972. The molecule has 0 heterocycles. The molecule has 2 aromatic rings. The number of hydrogen-bond donors (Lipinski definition) is 2. The number of carbonyl (C=O) groups excluding carboxylic acids is 1. The topological polar surface area (TPSA) is 50.4 Å². The molecule has 0 bridgehead atoms. The molecule has 4 nitrogen and oxygen atoms in total. The van der Waals surface area contributed by atoms with Crippen LogP contribution in [0.3, 0.4) is 0 Å². The molecule has 1 amide bonds. The van der Waals surface area contributed by atoms with Gasteiger partial charge in [0.2, 0.25) is 0 Å². The van der Waals surface area contributed by atoms with E-state index in [-0.39, 0.29) is 5.91 Å². The number of benzene rings is 2. The molecule has 0 unspecified atom stereocenters. The molecule has 126 valence electrons. The van der Waals surface area contributed by atoms with E-state index in [1.54, 1.807) is 12.1 Å². The van der Waals surface area contributed by atoms with E-state index in [0.29, 0.717) is 29.6 Å². The first-order valence-corrected chi connectivity index (χ1v) is 8.85. The van der Waals surface area contributed by atoms with Gasteiger partial charge in [-0.15, -0.1) is 0 Å². The van der Waals surface area contributed by atoms with E-state index in [4.69, 9.17) is 17.0 Å². The average molecular weight is 407 g/mol. The molecule has 0 atom stereocenters. The summed E-state index contributed by atoms with van der Waals surface area (Å²) in [4.78, 5) is 12.4. The molecule has 0 aliphatic carbocycles. The summed E-state index contributed by atoms with van der Waals surface area (Å²) in [5, 5.41) is 5.85. The molecule has 24 heavy (non-hydrogen) atoms. The fourth-order valence-corrected chi connectivity index (χ4v) is 2.70. The average Bonchev–Trinajstić information content (AvgIpc) is 2.57. The van der Waals surface area contributed by atoms with Crippen molar-refractivity contribution in [2.45, 2.75) is 13.3 Å². The maximum atomic E-state index is 12.4. The lowest BCUT2D eigenvalue weighted by atomic mass is 10.1. The van der Waals surface area contributed by atoms with E-state index in [1.165, 1.54) is 5.56 Å². The maximum absolute atomic E-state index is 12.4. The van der Waals surface area contributed by atoms with E-state index < -0.39 is 0 Å². The second kappa shape index (κ2) is 9.39. The molecule has 0 aromatic heterocycles.